The van der Waals surface area contributed by atoms with E-state index >= 15 is 0 Å². The van der Waals surface area contributed by atoms with Crippen molar-refractivity contribution in [3.05, 3.63) is 108 Å². The molecule has 2 heterocycles. The molecule has 2 unspecified atom stereocenters. The third-order valence-electron chi connectivity index (χ3n) is 6.74. The van der Waals surface area contributed by atoms with Crippen molar-refractivity contribution in [3.63, 3.8) is 0 Å². The number of aliphatic imine (C=N–C) groups is 2. The fourth-order valence-electron chi connectivity index (χ4n) is 5.06. The number of hydrogen-bond donors (Lipinski definition) is 0. The maximum atomic E-state index is 5.02. The van der Waals surface area contributed by atoms with E-state index in [4.69, 9.17) is 9.98 Å². The van der Waals surface area contributed by atoms with Crippen LogP contribution in [0, 0.1) is 0 Å². The van der Waals surface area contributed by atoms with Crippen LogP contribution in [0.2, 0.25) is 0 Å². The molecule has 0 amide bonds. The molecule has 1 fully saturated rings. The summed E-state index contributed by atoms with van der Waals surface area (Å²) in [4.78, 5) is 15.0. The van der Waals surface area contributed by atoms with Gasteiger partial charge in [0, 0.05) is 37.6 Å². The molecular formula is C29H32N4. The van der Waals surface area contributed by atoms with E-state index in [-0.39, 0.29) is 0 Å². The highest BCUT2D eigenvalue weighted by Crippen LogP contribution is 2.34. The van der Waals surface area contributed by atoms with Crippen LogP contribution in [-0.4, -0.2) is 60.5 Å². The molecule has 0 radical (unpaired) electrons. The zero-order valence-electron chi connectivity index (χ0n) is 19.1. The standard InChI is InChI=1S/C29H32N4/c1-4-10-24(11-5-1)22-30-18-19-32-20-21-33(29(32)26-14-8-3-9-15-26)27-16-17-28(31-23-27)25-12-6-2-7-13-25/h1-15,22,27,29H,16-21,23H2. The van der Waals surface area contributed by atoms with Crippen LogP contribution in [0.1, 0.15) is 35.7 Å². The summed E-state index contributed by atoms with van der Waals surface area (Å²) in [6.45, 7) is 4.82. The zero-order chi connectivity index (χ0) is 22.3. The first-order valence-electron chi connectivity index (χ1n) is 12.1. The van der Waals surface area contributed by atoms with Gasteiger partial charge in [-0.3, -0.25) is 19.8 Å². The summed E-state index contributed by atoms with van der Waals surface area (Å²) in [5.74, 6) is 0. The van der Waals surface area contributed by atoms with Gasteiger partial charge in [-0.05, 0) is 29.5 Å². The minimum atomic E-state index is 0.302. The smallest absolute Gasteiger partial charge is 0.0890 e. The molecule has 0 aliphatic carbocycles. The van der Waals surface area contributed by atoms with Gasteiger partial charge in [0.2, 0.25) is 0 Å². The summed E-state index contributed by atoms with van der Waals surface area (Å²) >= 11 is 0. The summed E-state index contributed by atoms with van der Waals surface area (Å²) in [7, 11) is 0. The third-order valence-corrected chi connectivity index (χ3v) is 6.74. The number of benzene rings is 3. The topological polar surface area (TPSA) is 31.2 Å². The molecule has 2 aliphatic heterocycles. The second-order valence-electron chi connectivity index (χ2n) is 8.85. The molecule has 0 spiro atoms. The van der Waals surface area contributed by atoms with Crippen LogP contribution in [0.5, 0.6) is 0 Å². The van der Waals surface area contributed by atoms with Crippen molar-refractivity contribution >= 4 is 11.9 Å². The molecular weight excluding hydrogens is 404 g/mol. The van der Waals surface area contributed by atoms with Crippen LogP contribution in [0.15, 0.2) is 101 Å². The Morgan fingerprint density at radius 1 is 0.848 bits per heavy atom. The molecule has 33 heavy (non-hydrogen) atoms. The molecule has 0 bridgehead atoms. The lowest BCUT2D eigenvalue weighted by molar-refractivity contribution is 0.0974. The average Bonchev–Trinajstić information content (AvgIpc) is 3.32. The lowest BCUT2D eigenvalue weighted by atomic mass is 9.97. The molecule has 0 aromatic heterocycles. The van der Waals surface area contributed by atoms with Gasteiger partial charge in [0.1, 0.15) is 0 Å². The van der Waals surface area contributed by atoms with Crippen molar-refractivity contribution in [1.29, 1.82) is 0 Å². The molecule has 5 rings (SSSR count). The van der Waals surface area contributed by atoms with Crippen LogP contribution >= 0.6 is 0 Å². The van der Waals surface area contributed by atoms with Crippen LogP contribution in [0.3, 0.4) is 0 Å². The molecule has 3 aromatic rings. The number of hydrogen-bond acceptors (Lipinski definition) is 4. The Labute approximate surface area is 197 Å². The lowest BCUT2D eigenvalue weighted by Crippen LogP contribution is -2.42. The maximum Gasteiger partial charge on any atom is 0.0890 e. The highest BCUT2D eigenvalue weighted by Gasteiger charge is 2.37. The Hall–Kier alpha value is -3.08. The Bertz CT molecular complexity index is 1060. The van der Waals surface area contributed by atoms with E-state index in [1.807, 2.05) is 12.3 Å². The van der Waals surface area contributed by atoms with Crippen LogP contribution < -0.4 is 0 Å². The molecule has 2 atom stereocenters. The van der Waals surface area contributed by atoms with Gasteiger partial charge in [0.25, 0.3) is 0 Å². The van der Waals surface area contributed by atoms with Gasteiger partial charge in [-0.25, -0.2) is 0 Å². The first kappa shape index (κ1) is 21.7. The summed E-state index contributed by atoms with van der Waals surface area (Å²) in [5, 5.41) is 0. The van der Waals surface area contributed by atoms with Gasteiger partial charge in [0.05, 0.1) is 19.3 Å². The number of rotatable bonds is 7. The van der Waals surface area contributed by atoms with Crippen molar-refractivity contribution in [3.8, 4) is 0 Å². The van der Waals surface area contributed by atoms with Gasteiger partial charge < -0.3 is 0 Å². The minimum Gasteiger partial charge on any atom is -0.291 e. The molecule has 4 nitrogen and oxygen atoms in total. The van der Waals surface area contributed by atoms with Crippen molar-refractivity contribution in [2.24, 2.45) is 9.98 Å². The quantitative estimate of drug-likeness (QED) is 0.484. The second kappa shape index (κ2) is 10.7. The summed E-state index contributed by atoms with van der Waals surface area (Å²) < 4.78 is 0. The monoisotopic (exact) mass is 436 g/mol. The predicted octanol–water partition coefficient (Wildman–Crippen LogP) is 5.07. The van der Waals surface area contributed by atoms with Gasteiger partial charge in [-0.1, -0.05) is 91.0 Å². The van der Waals surface area contributed by atoms with Crippen LogP contribution in [0.4, 0.5) is 0 Å². The lowest BCUT2D eigenvalue weighted by Gasteiger charge is -2.37. The van der Waals surface area contributed by atoms with Gasteiger partial charge >= 0.3 is 0 Å². The molecule has 168 valence electrons. The SMILES string of the molecule is C(=NCCN1CCN(C2CCC(c3ccccc3)=NC2)C1c1ccccc1)c1ccccc1. The molecule has 3 aromatic carbocycles. The second-order valence-corrected chi connectivity index (χ2v) is 8.85. The van der Waals surface area contributed by atoms with Crippen molar-refractivity contribution < 1.29 is 0 Å². The predicted molar refractivity (Wildman–Crippen MR) is 137 cm³/mol. The van der Waals surface area contributed by atoms with Crippen molar-refractivity contribution in [2.45, 2.75) is 25.0 Å². The van der Waals surface area contributed by atoms with E-state index in [2.05, 4.69) is 94.7 Å². The van der Waals surface area contributed by atoms with E-state index in [0.717, 1.165) is 51.1 Å². The Morgan fingerprint density at radius 3 is 2.24 bits per heavy atom. The maximum absolute atomic E-state index is 5.02. The average molecular weight is 437 g/mol. The van der Waals surface area contributed by atoms with Gasteiger partial charge in [0.15, 0.2) is 0 Å². The van der Waals surface area contributed by atoms with E-state index in [0.29, 0.717) is 12.2 Å². The van der Waals surface area contributed by atoms with Crippen molar-refractivity contribution in [1.82, 2.24) is 9.80 Å². The Morgan fingerprint density at radius 2 is 1.55 bits per heavy atom. The fourth-order valence-corrected chi connectivity index (χ4v) is 5.06. The number of nitrogens with zero attached hydrogens (tertiary/aromatic N) is 4. The van der Waals surface area contributed by atoms with E-state index in [1.54, 1.807) is 0 Å². The third kappa shape index (κ3) is 5.29. The highest BCUT2D eigenvalue weighted by molar-refractivity contribution is 6.00. The largest absolute Gasteiger partial charge is 0.291 e. The molecule has 1 saturated heterocycles. The van der Waals surface area contributed by atoms with E-state index in [1.165, 1.54) is 16.8 Å². The normalized spacial score (nSPS) is 22.0. The summed E-state index contributed by atoms with van der Waals surface area (Å²) in [5.41, 5.74) is 5.07. The first-order chi connectivity index (χ1) is 16.4. The Kier molecular flexibility index (Phi) is 7.05. The molecule has 0 N–H and O–H groups in total. The van der Waals surface area contributed by atoms with E-state index in [9.17, 15) is 0 Å². The van der Waals surface area contributed by atoms with Gasteiger partial charge in [-0.15, -0.1) is 0 Å². The first-order valence-corrected chi connectivity index (χ1v) is 12.1. The van der Waals surface area contributed by atoms with Gasteiger partial charge in [-0.2, -0.15) is 0 Å². The molecule has 2 aliphatic rings. The highest BCUT2D eigenvalue weighted by atomic mass is 15.4. The minimum absolute atomic E-state index is 0.302. The summed E-state index contributed by atoms with van der Waals surface area (Å²) in [6.07, 6.45) is 4.51. The Balaban J connectivity index is 1.27. The van der Waals surface area contributed by atoms with Crippen LogP contribution in [0.25, 0.3) is 0 Å². The zero-order valence-corrected chi connectivity index (χ0v) is 19.1. The molecule has 4 heteroatoms. The van der Waals surface area contributed by atoms with Crippen LogP contribution in [-0.2, 0) is 0 Å². The van der Waals surface area contributed by atoms with E-state index < -0.39 is 0 Å². The molecule has 0 saturated carbocycles. The fraction of sp³-hybridized carbons (Fsp3) is 0.310. The summed E-state index contributed by atoms with van der Waals surface area (Å²) in [6, 6.07) is 32.4. The van der Waals surface area contributed by atoms with Crippen molar-refractivity contribution in [2.75, 3.05) is 32.7 Å².